The Morgan fingerprint density at radius 2 is 1.79 bits per heavy atom. The Balaban J connectivity index is 2.19. The van der Waals surface area contributed by atoms with Gasteiger partial charge in [-0.15, -0.1) is 13.2 Å². The number of alkyl halides is 3. The molecule has 1 fully saturated rings. The first-order valence-corrected chi connectivity index (χ1v) is 7.46. The van der Waals surface area contributed by atoms with Gasteiger partial charge in [-0.3, -0.25) is 4.79 Å². The van der Waals surface area contributed by atoms with Crippen LogP contribution in [-0.2, 0) is 15.7 Å². The molecule has 0 bridgehead atoms. The zero-order chi connectivity index (χ0) is 14.0. The molecule has 1 heterocycles. The van der Waals surface area contributed by atoms with Gasteiger partial charge < -0.3 is 4.74 Å². The third-order valence-electron chi connectivity index (χ3n) is 2.85. The number of ether oxygens (including phenoxy) is 1. The second-order valence-electron chi connectivity index (χ2n) is 4.47. The standard InChI is InChI=1S/C13H14F3O2S/c1-9-6-11(18-13(14,15)16)8-12(7-9)19-4-2-10(17)3-5-19/h6-8H,2-5H2,1H3/q+1. The molecule has 19 heavy (non-hydrogen) atoms. The maximum Gasteiger partial charge on any atom is 0.573 e. The lowest BCUT2D eigenvalue weighted by Gasteiger charge is -2.15. The smallest absolute Gasteiger partial charge is 0.406 e. The number of carbonyl (C=O) groups excluding carboxylic acids is 1. The van der Waals surface area contributed by atoms with Crippen molar-refractivity contribution in [2.24, 2.45) is 0 Å². The minimum atomic E-state index is -4.67. The molecule has 0 radical (unpaired) electrons. The number of rotatable bonds is 2. The molecular formula is C13H14F3O2S+. The van der Waals surface area contributed by atoms with E-state index in [4.69, 9.17) is 0 Å². The van der Waals surface area contributed by atoms with Crippen LogP contribution in [0, 0.1) is 6.92 Å². The maximum absolute atomic E-state index is 12.2. The molecule has 2 nitrogen and oxygen atoms in total. The second kappa shape index (κ2) is 5.45. The van der Waals surface area contributed by atoms with E-state index in [0.717, 1.165) is 22.0 Å². The molecule has 1 saturated heterocycles. The van der Waals surface area contributed by atoms with Gasteiger partial charge in [0.2, 0.25) is 0 Å². The summed E-state index contributed by atoms with van der Waals surface area (Å²) in [7, 11) is -0.146. The van der Waals surface area contributed by atoms with Crippen molar-refractivity contribution in [3.63, 3.8) is 0 Å². The van der Waals surface area contributed by atoms with Gasteiger partial charge in [-0.1, -0.05) is 0 Å². The second-order valence-corrected chi connectivity index (χ2v) is 6.74. The highest BCUT2D eigenvalue weighted by atomic mass is 32.2. The minimum absolute atomic E-state index is 0.146. The molecule has 2 rings (SSSR count). The van der Waals surface area contributed by atoms with Crippen LogP contribution in [0.5, 0.6) is 5.75 Å². The van der Waals surface area contributed by atoms with E-state index in [0.29, 0.717) is 12.8 Å². The van der Waals surface area contributed by atoms with Gasteiger partial charge in [0.15, 0.2) is 4.90 Å². The SMILES string of the molecule is Cc1cc(OC(F)(F)F)cc([S+]2CCC(=O)CC2)c1. The summed E-state index contributed by atoms with van der Waals surface area (Å²) in [5.74, 6) is 1.52. The maximum atomic E-state index is 12.2. The molecule has 0 atom stereocenters. The van der Waals surface area contributed by atoms with E-state index in [1.807, 2.05) is 6.07 Å². The van der Waals surface area contributed by atoms with Gasteiger partial charge in [0.05, 0.1) is 12.8 Å². The number of Topliss-reactive ketones (excluding diaryl/α,β-unsaturated/α-hetero) is 1. The Bertz CT molecular complexity index is 475. The number of carbonyl (C=O) groups is 1. The van der Waals surface area contributed by atoms with E-state index >= 15 is 0 Å². The number of ketones is 1. The van der Waals surface area contributed by atoms with Gasteiger partial charge in [0.25, 0.3) is 0 Å². The van der Waals surface area contributed by atoms with Crippen molar-refractivity contribution in [3.05, 3.63) is 23.8 Å². The fourth-order valence-corrected chi connectivity index (χ4v) is 4.27. The first-order valence-electron chi connectivity index (χ1n) is 5.90. The Morgan fingerprint density at radius 3 is 2.37 bits per heavy atom. The lowest BCUT2D eigenvalue weighted by molar-refractivity contribution is -0.274. The third-order valence-corrected chi connectivity index (χ3v) is 5.14. The van der Waals surface area contributed by atoms with Gasteiger partial charge in [-0.05, 0) is 24.6 Å². The van der Waals surface area contributed by atoms with E-state index in [-0.39, 0.29) is 22.4 Å². The predicted octanol–water partition coefficient (Wildman–Crippen LogP) is 3.23. The van der Waals surface area contributed by atoms with Gasteiger partial charge in [-0.25, -0.2) is 0 Å². The van der Waals surface area contributed by atoms with Gasteiger partial charge >= 0.3 is 6.36 Å². The summed E-state index contributed by atoms with van der Waals surface area (Å²) < 4.78 is 40.7. The summed E-state index contributed by atoms with van der Waals surface area (Å²) in [6.07, 6.45) is -3.63. The summed E-state index contributed by atoms with van der Waals surface area (Å²) >= 11 is 0. The molecule has 1 aromatic rings. The first kappa shape index (κ1) is 14.2. The number of hydrogen-bond acceptors (Lipinski definition) is 2. The van der Waals surface area contributed by atoms with Crippen molar-refractivity contribution >= 4 is 16.7 Å². The monoisotopic (exact) mass is 291 g/mol. The van der Waals surface area contributed by atoms with E-state index < -0.39 is 6.36 Å². The topological polar surface area (TPSA) is 26.3 Å². The van der Waals surface area contributed by atoms with Gasteiger partial charge in [0.1, 0.15) is 23.0 Å². The Labute approximate surface area is 112 Å². The fraction of sp³-hybridized carbons (Fsp3) is 0.462. The normalized spacial score (nSPS) is 17.6. The van der Waals surface area contributed by atoms with Crippen LogP contribution in [0.2, 0.25) is 0 Å². The lowest BCUT2D eigenvalue weighted by Crippen LogP contribution is -2.24. The number of halogens is 3. The molecule has 1 aliphatic rings. The van der Waals surface area contributed by atoms with Crippen LogP contribution in [0.15, 0.2) is 23.1 Å². The van der Waals surface area contributed by atoms with Crippen LogP contribution in [-0.4, -0.2) is 23.7 Å². The highest BCUT2D eigenvalue weighted by Gasteiger charge is 2.33. The lowest BCUT2D eigenvalue weighted by atomic mass is 10.2. The van der Waals surface area contributed by atoms with Crippen molar-refractivity contribution in [1.29, 1.82) is 0 Å². The zero-order valence-electron chi connectivity index (χ0n) is 10.4. The predicted molar refractivity (Wildman–Crippen MR) is 67.5 cm³/mol. The highest BCUT2D eigenvalue weighted by Crippen LogP contribution is 2.29. The summed E-state index contributed by atoms with van der Waals surface area (Å²) in [5, 5.41) is 0. The fourth-order valence-electron chi connectivity index (χ4n) is 2.01. The van der Waals surface area contributed by atoms with E-state index in [1.165, 1.54) is 12.1 Å². The van der Waals surface area contributed by atoms with Crippen molar-refractivity contribution < 1.29 is 22.7 Å². The highest BCUT2D eigenvalue weighted by molar-refractivity contribution is 7.97. The van der Waals surface area contributed by atoms with Gasteiger partial charge in [-0.2, -0.15) is 0 Å². The van der Waals surface area contributed by atoms with Crippen LogP contribution >= 0.6 is 0 Å². The molecular weight excluding hydrogens is 277 g/mol. The van der Waals surface area contributed by atoms with Crippen LogP contribution < -0.4 is 4.74 Å². The minimum Gasteiger partial charge on any atom is -0.406 e. The Kier molecular flexibility index (Phi) is 4.08. The Morgan fingerprint density at radius 1 is 1.16 bits per heavy atom. The zero-order valence-corrected chi connectivity index (χ0v) is 11.2. The van der Waals surface area contributed by atoms with Crippen LogP contribution in [0.4, 0.5) is 13.2 Å². The summed E-state index contributed by atoms with van der Waals surface area (Å²) in [4.78, 5) is 12.0. The van der Waals surface area contributed by atoms with E-state index in [2.05, 4.69) is 4.74 Å². The van der Waals surface area contributed by atoms with Crippen molar-refractivity contribution in [1.82, 2.24) is 0 Å². The van der Waals surface area contributed by atoms with E-state index in [1.54, 1.807) is 6.92 Å². The van der Waals surface area contributed by atoms with Crippen LogP contribution in [0.3, 0.4) is 0 Å². The molecule has 0 amide bonds. The number of hydrogen-bond donors (Lipinski definition) is 0. The molecule has 6 heteroatoms. The number of benzene rings is 1. The average Bonchev–Trinajstić information content (AvgIpc) is 2.26. The average molecular weight is 291 g/mol. The molecule has 0 aromatic heterocycles. The molecule has 1 aromatic carbocycles. The van der Waals surface area contributed by atoms with Gasteiger partial charge in [0, 0.05) is 17.0 Å². The summed E-state index contributed by atoms with van der Waals surface area (Å²) in [5.41, 5.74) is 0.737. The quantitative estimate of drug-likeness (QED) is 0.782. The van der Waals surface area contributed by atoms with Crippen LogP contribution in [0.1, 0.15) is 18.4 Å². The third kappa shape index (κ3) is 4.16. The van der Waals surface area contributed by atoms with Crippen molar-refractivity contribution in [2.75, 3.05) is 11.5 Å². The Hall–Kier alpha value is -1.17. The molecule has 0 aliphatic carbocycles. The summed E-state index contributed by atoms with van der Waals surface area (Å²) in [6, 6.07) is 4.69. The van der Waals surface area contributed by atoms with Crippen molar-refractivity contribution in [3.8, 4) is 5.75 Å². The molecule has 1 aliphatic heterocycles. The molecule has 0 saturated carbocycles. The number of aryl methyl sites for hydroxylation is 1. The molecule has 0 spiro atoms. The molecule has 0 N–H and O–H groups in total. The largest absolute Gasteiger partial charge is 0.573 e. The molecule has 0 unspecified atom stereocenters. The van der Waals surface area contributed by atoms with Crippen molar-refractivity contribution in [2.45, 2.75) is 31.0 Å². The van der Waals surface area contributed by atoms with E-state index in [9.17, 15) is 18.0 Å². The summed E-state index contributed by atoms with van der Waals surface area (Å²) in [6.45, 7) is 1.74. The first-order chi connectivity index (χ1) is 8.83. The molecule has 104 valence electrons. The van der Waals surface area contributed by atoms with Crippen LogP contribution in [0.25, 0.3) is 0 Å².